The molecule has 0 saturated carbocycles. The van der Waals surface area contributed by atoms with Gasteiger partial charge in [-0.25, -0.2) is 4.98 Å². The van der Waals surface area contributed by atoms with Crippen molar-refractivity contribution < 1.29 is 5.11 Å². The van der Waals surface area contributed by atoms with Gasteiger partial charge in [0.15, 0.2) is 5.16 Å². The quantitative estimate of drug-likeness (QED) is 0.428. The van der Waals surface area contributed by atoms with Crippen molar-refractivity contribution in [3.8, 4) is 17.5 Å². The Hall–Kier alpha value is -2.07. The van der Waals surface area contributed by atoms with Gasteiger partial charge in [-0.05, 0) is 43.4 Å². The first-order valence-electron chi connectivity index (χ1n) is 8.61. The summed E-state index contributed by atoms with van der Waals surface area (Å²) in [6, 6.07) is 9.64. The number of thioether (sulfide) groups is 1. The Morgan fingerprint density at radius 1 is 1.19 bits per heavy atom. The van der Waals surface area contributed by atoms with Gasteiger partial charge in [-0.15, -0.1) is 11.3 Å². The zero-order valence-electron chi connectivity index (χ0n) is 14.2. The maximum absolute atomic E-state index is 13.4. The first-order valence-corrected chi connectivity index (χ1v) is 10.4. The Bertz CT molecular complexity index is 1060. The predicted molar refractivity (Wildman–Crippen MR) is 107 cm³/mol. The summed E-state index contributed by atoms with van der Waals surface area (Å²) < 4.78 is 1.70. The van der Waals surface area contributed by atoms with Crippen LogP contribution in [0.2, 0.25) is 0 Å². The summed E-state index contributed by atoms with van der Waals surface area (Å²) >= 11 is 3.09. The van der Waals surface area contributed by atoms with Gasteiger partial charge in [0.25, 0.3) is 5.56 Å². The zero-order valence-corrected chi connectivity index (χ0v) is 15.8. The van der Waals surface area contributed by atoms with E-state index < -0.39 is 0 Å². The summed E-state index contributed by atoms with van der Waals surface area (Å²) in [5.41, 5.74) is 2.04. The maximum Gasteiger partial charge on any atom is 0.267 e. The van der Waals surface area contributed by atoms with Crippen LogP contribution in [0.5, 0.6) is 0 Å². The molecule has 4 rings (SSSR count). The van der Waals surface area contributed by atoms with Crippen LogP contribution in [0.15, 0.2) is 40.3 Å². The van der Waals surface area contributed by atoms with E-state index in [-0.39, 0.29) is 12.2 Å². The summed E-state index contributed by atoms with van der Waals surface area (Å²) in [4.78, 5) is 20.4. The highest BCUT2D eigenvalue weighted by atomic mass is 32.2. The van der Waals surface area contributed by atoms with E-state index >= 15 is 0 Å². The molecule has 0 bridgehead atoms. The number of benzene rings is 1. The SMILES string of the molecule is O=c1c2c3c(sc2nc(SCC#CCO)n1-c1ccccc1)CCCC3. The number of hydrogen-bond acceptors (Lipinski definition) is 5. The molecule has 1 aromatic carbocycles. The summed E-state index contributed by atoms with van der Waals surface area (Å²) in [5.74, 6) is 6.01. The lowest BCUT2D eigenvalue weighted by molar-refractivity contribution is 0.350. The van der Waals surface area contributed by atoms with Crippen molar-refractivity contribution in [3.63, 3.8) is 0 Å². The van der Waals surface area contributed by atoms with Crippen LogP contribution >= 0.6 is 23.1 Å². The largest absolute Gasteiger partial charge is 0.384 e. The molecule has 0 amide bonds. The Morgan fingerprint density at radius 2 is 2.00 bits per heavy atom. The smallest absolute Gasteiger partial charge is 0.267 e. The number of aliphatic hydroxyl groups is 1. The lowest BCUT2D eigenvalue weighted by atomic mass is 9.97. The topological polar surface area (TPSA) is 55.1 Å². The minimum atomic E-state index is -0.157. The van der Waals surface area contributed by atoms with Gasteiger partial charge < -0.3 is 5.11 Å². The number of aliphatic hydroxyl groups excluding tert-OH is 1. The molecule has 3 aromatic rings. The zero-order chi connectivity index (χ0) is 17.9. The van der Waals surface area contributed by atoms with Crippen LogP contribution in [0.3, 0.4) is 0 Å². The summed E-state index contributed by atoms with van der Waals surface area (Å²) in [5, 5.41) is 10.3. The number of hydrogen-bond donors (Lipinski definition) is 1. The van der Waals surface area contributed by atoms with Crippen molar-refractivity contribution >= 4 is 33.3 Å². The van der Waals surface area contributed by atoms with E-state index in [1.807, 2.05) is 30.3 Å². The van der Waals surface area contributed by atoms with Crippen LogP contribution in [0.1, 0.15) is 23.3 Å². The Labute approximate surface area is 159 Å². The first-order chi connectivity index (χ1) is 12.8. The molecule has 1 aliphatic carbocycles. The number of para-hydroxylation sites is 1. The van der Waals surface area contributed by atoms with E-state index in [1.165, 1.54) is 28.6 Å². The predicted octanol–water partition coefficient (Wildman–Crippen LogP) is 3.41. The highest BCUT2D eigenvalue weighted by Gasteiger charge is 2.22. The normalized spacial score (nSPS) is 13.3. The number of thiophene rings is 1. The molecule has 4 nitrogen and oxygen atoms in total. The average Bonchev–Trinajstić information content (AvgIpc) is 3.04. The Balaban J connectivity index is 1.91. The molecule has 26 heavy (non-hydrogen) atoms. The lowest BCUT2D eigenvalue weighted by Gasteiger charge is -2.13. The van der Waals surface area contributed by atoms with E-state index in [9.17, 15) is 4.79 Å². The van der Waals surface area contributed by atoms with Gasteiger partial charge in [0.2, 0.25) is 0 Å². The number of nitrogens with zero attached hydrogens (tertiary/aromatic N) is 2. The summed E-state index contributed by atoms with van der Waals surface area (Å²) in [7, 11) is 0. The fourth-order valence-electron chi connectivity index (χ4n) is 3.30. The average molecular weight is 383 g/mol. The molecule has 0 fully saturated rings. The van der Waals surface area contributed by atoms with E-state index in [0.717, 1.165) is 35.2 Å². The first kappa shape index (κ1) is 17.3. The fourth-order valence-corrected chi connectivity index (χ4v) is 5.38. The van der Waals surface area contributed by atoms with Gasteiger partial charge in [-0.1, -0.05) is 41.8 Å². The number of rotatable bonds is 3. The summed E-state index contributed by atoms with van der Waals surface area (Å²) in [6.45, 7) is -0.157. The van der Waals surface area contributed by atoms with Gasteiger partial charge in [-0.2, -0.15) is 0 Å². The van der Waals surface area contributed by atoms with E-state index in [1.54, 1.807) is 15.9 Å². The molecule has 0 atom stereocenters. The standard InChI is InChI=1S/C20H18N2O2S2/c23-12-6-7-13-25-20-21-18-17(15-10-4-5-11-16(15)26-18)19(24)22(20)14-8-2-1-3-9-14/h1-3,8-9,23H,4-5,10-13H2. The highest BCUT2D eigenvalue weighted by molar-refractivity contribution is 7.99. The molecule has 0 unspecified atom stereocenters. The molecule has 0 spiro atoms. The molecule has 2 aromatic heterocycles. The molecule has 2 heterocycles. The van der Waals surface area contributed by atoms with Crippen LogP contribution in [-0.2, 0) is 12.8 Å². The van der Waals surface area contributed by atoms with Crippen LogP contribution in [0.25, 0.3) is 15.9 Å². The third-order valence-electron chi connectivity index (χ3n) is 4.45. The maximum atomic E-state index is 13.4. The van der Waals surface area contributed by atoms with Gasteiger partial charge in [0.05, 0.1) is 16.8 Å². The third kappa shape index (κ3) is 3.18. The third-order valence-corrected chi connectivity index (χ3v) is 6.46. The van der Waals surface area contributed by atoms with Crippen LogP contribution < -0.4 is 5.56 Å². The van der Waals surface area contributed by atoms with Crippen LogP contribution in [0.4, 0.5) is 0 Å². The minimum Gasteiger partial charge on any atom is -0.384 e. The van der Waals surface area contributed by atoms with Gasteiger partial charge in [-0.3, -0.25) is 9.36 Å². The summed E-state index contributed by atoms with van der Waals surface area (Å²) in [6.07, 6.45) is 4.34. The van der Waals surface area contributed by atoms with Gasteiger partial charge >= 0.3 is 0 Å². The second-order valence-corrected chi connectivity index (χ2v) is 8.09. The van der Waals surface area contributed by atoms with Crippen LogP contribution in [0, 0.1) is 11.8 Å². The van der Waals surface area contributed by atoms with E-state index in [2.05, 4.69) is 11.8 Å². The molecule has 0 radical (unpaired) electrons. The minimum absolute atomic E-state index is 0.0122. The van der Waals surface area contributed by atoms with E-state index in [0.29, 0.717) is 10.9 Å². The van der Waals surface area contributed by atoms with Crippen molar-refractivity contribution in [2.45, 2.75) is 30.8 Å². The molecule has 6 heteroatoms. The fraction of sp³-hybridized carbons (Fsp3) is 0.300. The lowest BCUT2D eigenvalue weighted by Crippen LogP contribution is -2.22. The number of aromatic nitrogens is 2. The molecule has 132 valence electrons. The Morgan fingerprint density at radius 3 is 2.81 bits per heavy atom. The highest BCUT2D eigenvalue weighted by Crippen LogP contribution is 2.35. The van der Waals surface area contributed by atoms with Crippen molar-refractivity contribution in [2.75, 3.05) is 12.4 Å². The van der Waals surface area contributed by atoms with Gasteiger partial charge in [0, 0.05) is 4.88 Å². The molecule has 1 N–H and O–H groups in total. The second-order valence-electron chi connectivity index (χ2n) is 6.06. The Kier molecular flexibility index (Phi) is 5.11. The number of aryl methyl sites for hydroxylation is 2. The van der Waals surface area contributed by atoms with Gasteiger partial charge in [0.1, 0.15) is 11.4 Å². The molecule has 0 aliphatic heterocycles. The van der Waals surface area contributed by atoms with E-state index in [4.69, 9.17) is 10.1 Å². The van der Waals surface area contributed by atoms with Crippen molar-refractivity contribution in [1.29, 1.82) is 0 Å². The van der Waals surface area contributed by atoms with Crippen LogP contribution in [-0.4, -0.2) is 27.0 Å². The molecular formula is C20H18N2O2S2. The van der Waals surface area contributed by atoms with Crippen molar-refractivity contribution in [3.05, 3.63) is 51.1 Å². The molecule has 0 saturated heterocycles. The number of fused-ring (bicyclic) bond motifs is 3. The monoisotopic (exact) mass is 382 g/mol. The van der Waals surface area contributed by atoms with Crippen molar-refractivity contribution in [2.24, 2.45) is 0 Å². The molecular weight excluding hydrogens is 364 g/mol. The van der Waals surface area contributed by atoms with Crippen molar-refractivity contribution in [1.82, 2.24) is 9.55 Å². The second kappa shape index (κ2) is 7.67. The molecule has 1 aliphatic rings.